The van der Waals surface area contributed by atoms with Crippen LogP contribution < -0.4 is 16.0 Å². The van der Waals surface area contributed by atoms with Crippen LogP contribution in [0.25, 0.3) is 0 Å². The van der Waals surface area contributed by atoms with Crippen molar-refractivity contribution in [3.05, 3.63) is 46.7 Å². The van der Waals surface area contributed by atoms with E-state index in [1.54, 1.807) is 30.5 Å². The third kappa shape index (κ3) is 3.42. The molecule has 1 aromatic carbocycles. The number of halogens is 1. The summed E-state index contributed by atoms with van der Waals surface area (Å²) >= 11 is 3.39. The first-order chi connectivity index (χ1) is 13.4. The van der Waals surface area contributed by atoms with Crippen LogP contribution in [0.15, 0.2) is 41.1 Å². The highest BCUT2D eigenvalue weighted by atomic mass is 79.9. The molecule has 1 aliphatic heterocycles. The van der Waals surface area contributed by atoms with Crippen molar-refractivity contribution >= 4 is 39.3 Å². The van der Waals surface area contributed by atoms with Gasteiger partial charge in [0, 0.05) is 6.20 Å². The second kappa shape index (κ2) is 7.05. The molecule has 2 aromatic rings. The van der Waals surface area contributed by atoms with Crippen LogP contribution in [0.4, 0.5) is 5.69 Å². The zero-order valence-corrected chi connectivity index (χ0v) is 16.8. The fourth-order valence-electron chi connectivity index (χ4n) is 3.61. The van der Waals surface area contributed by atoms with Gasteiger partial charge >= 0.3 is 0 Å². The van der Waals surface area contributed by atoms with Gasteiger partial charge in [0.05, 0.1) is 39.9 Å². The fourth-order valence-corrected chi connectivity index (χ4v) is 3.89. The highest BCUT2D eigenvalue weighted by molar-refractivity contribution is 9.10. The van der Waals surface area contributed by atoms with Crippen LogP contribution in [0, 0.1) is 0 Å². The summed E-state index contributed by atoms with van der Waals surface area (Å²) in [7, 11) is 0. The SMILES string of the molecule is CC(NC(=O)C[C@@H]1NC(=O)c2ccccc2NC1=O)C1(n2cc(Br)cn2)CC1. The Morgan fingerprint density at radius 2 is 2.14 bits per heavy atom. The third-order valence-electron chi connectivity index (χ3n) is 5.39. The zero-order chi connectivity index (χ0) is 19.9. The molecule has 28 heavy (non-hydrogen) atoms. The number of nitrogens with one attached hydrogen (secondary N) is 3. The second-order valence-corrected chi connectivity index (χ2v) is 8.18. The van der Waals surface area contributed by atoms with Crippen LogP contribution in [-0.4, -0.2) is 39.6 Å². The number of aromatic nitrogens is 2. The normalized spacial score (nSPS) is 21.0. The first kappa shape index (κ1) is 18.7. The van der Waals surface area contributed by atoms with Gasteiger partial charge in [0.25, 0.3) is 5.91 Å². The van der Waals surface area contributed by atoms with E-state index in [-0.39, 0.29) is 29.8 Å². The van der Waals surface area contributed by atoms with Crippen molar-refractivity contribution in [2.24, 2.45) is 0 Å². The Bertz CT molecular complexity index is 953. The lowest BCUT2D eigenvalue weighted by atomic mass is 10.1. The average Bonchev–Trinajstić information content (AvgIpc) is 3.38. The van der Waals surface area contributed by atoms with Crippen molar-refractivity contribution in [2.75, 3.05) is 5.32 Å². The molecule has 1 saturated carbocycles. The molecule has 1 unspecified atom stereocenters. The molecule has 2 aliphatic rings. The summed E-state index contributed by atoms with van der Waals surface area (Å²) in [5, 5.41) is 12.7. The number of nitrogens with zero attached hydrogens (tertiary/aromatic N) is 2. The van der Waals surface area contributed by atoms with Crippen LogP contribution in [0.2, 0.25) is 0 Å². The summed E-state index contributed by atoms with van der Waals surface area (Å²) in [4.78, 5) is 37.4. The van der Waals surface area contributed by atoms with Crippen molar-refractivity contribution in [1.82, 2.24) is 20.4 Å². The number of amides is 3. The third-order valence-corrected chi connectivity index (χ3v) is 5.80. The van der Waals surface area contributed by atoms with E-state index < -0.39 is 11.9 Å². The van der Waals surface area contributed by atoms with E-state index in [2.05, 4.69) is 37.0 Å². The Labute approximate surface area is 170 Å². The summed E-state index contributed by atoms with van der Waals surface area (Å²) in [5.74, 6) is -1.07. The fraction of sp³-hybridized carbons (Fsp3) is 0.368. The zero-order valence-electron chi connectivity index (χ0n) is 15.2. The Hall–Kier alpha value is -2.68. The number of carbonyl (C=O) groups is 3. The molecule has 1 aromatic heterocycles. The molecule has 3 N–H and O–H groups in total. The second-order valence-electron chi connectivity index (χ2n) is 7.26. The molecule has 1 fully saturated rings. The van der Waals surface area contributed by atoms with Crippen LogP contribution in [0.3, 0.4) is 0 Å². The summed E-state index contributed by atoms with van der Waals surface area (Å²) in [6, 6.07) is 5.67. The van der Waals surface area contributed by atoms with Crippen LogP contribution in [0.5, 0.6) is 0 Å². The Kier molecular flexibility index (Phi) is 4.70. The number of fused-ring (bicyclic) bond motifs is 1. The quantitative estimate of drug-likeness (QED) is 0.651. The predicted molar refractivity (Wildman–Crippen MR) is 106 cm³/mol. The molecule has 2 atom stereocenters. The molecule has 1 aliphatic carbocycles. The van der Waals surface area contributed by atoms with Gasteiger partial charge in [0.1, 0.15) is 6.04 Å². The monoisotopic (exact) mass is 445 g/mol. The highest BCUT2D eigenvalue weighted by Gasteiger charge is 2.50. The molecule has 2 heterocycles. The first-order valence-electron chi connectivity index (χ1n) is 9.10. The number of carbonyl (C=O) groups excluding carboxylic acids is 3. The molecular formula is C19H20BrN5O3. The smallest absolute Gasteiger partial charge is 0.254 e. The van der Waals surface area contributed by atoms with Gasteiger partial charge in [-0.2, -0.15) is 5.10 Å². The molecule has 146 valence electrons. The lowest BCUT2D eigenvalue weighted by Crippen LogP contribution is -2.49. The van der Waals surface area contributed by atoms with Gasteiger partial charge in [0.2, 0.25) is 11.8 Å². The number of hydrogen-bond acceptors (Lipinski definition) is 4. The van der Waals surface area contributed by atoms with Crippen LogP contribution >= 0.6 is 15.9 Å². The maximum Gasteiger partial charge on any atom is 0.254 e. The number of hydrogen-bond donors (Lipinski definition) is 3. The van der Waals surface area contributed by atoms with E-state index in [1.165, 1.54) is 0 Å². The topological polar surface area (TPSA) is 105 Å². The highest BCUT2D eigenvalue weighted by Crippen LogP contribution is 2.46. The maximum atomic E-state index is 12.6. The lowest BCUT2D eigenvalue weighted by molar-refractivity contribution is -0.126. The van der Waals surface area contributed by atoms with Gasteiger partial charge < -0.3 is 16.0 Å². The maximum absolute atomic E-state index is 12.6. The largest absolute Gasteiger partial charge is 0.351 e. The number of anilines is 1. The Morgan fingerprint density at radius 3 is 2.82 bits per heavy atom. The standard InChI is InChI=1S/C19H20BrN5O3/c1-11(19(6-7-19)25-10-12(20)9-21-25)22-16(26)8-15-18(28)23-14-5-3-2-4-13(14)17(27)24-15/h2-5,9-11,15H,6-8H2,1H3,(H,22,26)(H,23,28)(H,24,27)/t11?,15-/m0/s1. The van der Waals surface area contributed by atoms with Gasteiger partial charge in [-0.15, -0.1) is 0 Å². The molecule has 0 bridgehead atoms. The minimum atomic E-state index is -0.930. The first-order valence-corrected chi connectivity index (χ1v) is 9.89. The number of benzene rings is 1. The molecule has 0 radical (unpaired) electrons. The molecule has 4 rings (SSSR count). The van der Waals surface area contributed by atoms with E-state index in [0.29, 0.717) is 11.3 Å². The van der Waals surface area contributed by atoms with Gasteiger partial charge in [0.15, 0.2) is 0 Å². The van der Waals surface area contributed by atoms with E-state index in [9.17, 15) is 14.4 Å². The Balaban J connectivity index is 1.41. The molecule has 8 nitrogen and oxygen atoms in total. The minimum absolute atomic E-state index is 0.130. The average molecular weight is 446 g/mol. The van der Waals surface area contributed by atoms with Crippen molar-refractivity contribution < 1.29 is 14.4 Å². The van der Waals surface area contributed by atoms with Gasteiger partial charge in [-0.3, -0.25) is 19.1 Å². The predicted octanol–water partition coefficient (Wildman–Crippen LogP) is 1.78. The molecule has 3 amide bonds. The van der Waals surface area contributed by atoms with E-state index in [4.69, 9.17) is 0 Å². The summed E-state index contributed by atoms with van der Waals surface area (Å²) < 4.78 is 2.76. The summed E-state index contributed by atoms with van der Waals surface area (Å²) in [5.41, 5.74) is 0.586. The van der Waals surface area contributed by atoms with Crippen molar-refractivity contribution in [3.63, 3.8) is 0 Å². The molecule has 0 spiro atoms. The van der Waals surface area contributed by atoms with E-state index >= 15 is 0 Å². The van der Waals surface area contributed by atoms with E-state index in [1.807, 2.05) is 17.8 Å². The van der Waals surface area contributed by atoms with Crippen molar-refractivity contribution in [1.29, 1.82) is 0 Å². The van der Waals surface area contributed by atoms with Crippen molar-refractivity contribution in [2.45, 2.75) is 43.8 Å². The van der Waals surface area contributed by atoms with Crippen LogP contribution in [0.1, 0.15) is 36.5 Å². The Morgan fingerprint density at radius 1 is 1.39 bits per heavy atom. The van der Waals surface area contributed by atoms with E-state index in [0.717, 1.165) is 17.3 Å². The lowest BCUT2D eigenvalue weighted by Gasteiger charge is -2.26. The number of para-hydroxylation sites is 1. The van der Waals surface area contributed by atoms with Gasteiger partial charge in [-0.25, -0.2) is 0 Å². The molecular weight excluding hydrogens is 426 g/mol. The van der Waals surface area contributed by atoms with Gasteiger partial charge in [-0.1, -0.05) is 12.1 Å². The summed E-state index contributed by atoms with van der Waals surface area (Å²) in [6.45, 7) is 1.93. The molecule has 0 saturated heterocycles. The number of rotatable bonds is 5. The minimum Gasteiger partial charge on any atom is -0.351 e. The molecule has 9 heteroatoms. The van der Waals surface area contributed by atoms with Gasteiger partial charge in [-0.05, 0) is 47.8 Å². The summed E-state index contributed by atoms with van der Waals surface area (Å²) in [6.07, 6.45) is 5.31. The van der Waals surface area contributed by atoms with Crippen LogP contribution in [-0.2, 0) is 15.1 Å². The van der Waals surface area contributed by atoms with Crippen molar-refractivity contribution in [3.8, 4) is 0 Å².